The van der Waals surface area contributed by atoms with Crippen LogP contribution in [-0.2, 0) is 19.6 Å². The second-order valence-electron chi connectivity index (χ2n) is 7.26. The molecule has 1 aromatic rings. The van der Waals surface area contributed by atoms with E-state index in [1.807, 2.05) is 18.6 Å². The maximum absolute atomic E-state index is 12.0. The van der Waals surface area contributed by atoms with Crippen LogP contribution < -0.4 is 14.8 Å². The first-order chi connectivity index (χ1) is 14.7. The third-order valence-corrected chi connectivity index (χ3v) is 5.04. The van der Waals surface area contributed by atoms with Crippen LogP contribution in [0.4, 0.5) is 4.79 Å². The van der Waals surface area contributed by atoms with Gasteiger partial charge < -0.3 is 14.8 Å². The lowest BCUT2D eigenvalue weighted by Gasteiger charge is -2.09. The number of amides is 2. The van der Waals surface area contributed by atoms with E-state index in [4.69, 9.17) is 9.47 Å². The zero-order valence-electron chi connectivity index (χ0n) is 18.6. The number of sulfonamides is 1. The van der Waals surface area contributed by atoms with Gasteiger partial charge in [0.25, 0.3) is 10.0 Å². The van der Waals surface area contributed by atoms with Crippen molar-refractivity contribution < 1.29 is 27.5 Å². The van der Waals surface area contributed by atoms with Gasteiger partial charge >= 0.3 is 12.0 Å². The van der Waals surface area contributed by atoms with Gasteiger partial charge in [-0.25, -0.2) is 17.9 Å². The van der Waals surface area contributed by atoms with Crippen LogP contribution in [0.25, 0.3) is 6.08 Å². The van der Waals surface area contributed by atoms with Crippen LogP contribution in [-0.4, -0.2) is 39.7 Å². The maximum atomic E-state index is 12.0. The summed E-state index contributed by atoms with van der Waals surface area (Å²) in [6.07, 6.45) is 6.13. The molecule has 0 aromatic heterocycles. The quantitative estimate of drug-likeness (QED) is 0.325. The van der Waals surface area contributed by atoms with Crippen molar-refractivity contribution in [1.29, 1.82) is 0 Å². The van der Waals surface area contributed by atoms with Gasteiger partial charge in [-0.15, -0.1) is 0 Å². The van der Waals surface area contributed by atoms with Crippen molar-refractivity contribution in [3.05, 3.63) is 35.2 Å². The number of hydrogen-bond acceptors (Lipinski definition) is 6. The van der Waals surface area contributed by atoms with Crippen molar-refractivity contribution in [2.45, 2.75) is 65.4 Å². The Morgan fingerprint density at radius 1 is 1.03 bits per heavy atom. The minimum absolute atomic E-state index is 0.0563. The highest BCUT2D eigenvalue weighted by atomic mass is 32.2. The van der Waals surface area contributed by atoms with E-state index in [9.17, 15) is 18.0 Å². The number of benzene rings is 1. The topological polar surface area (TPSA) is 111 Å². The van der Waals surface area contributed by atoms with Crippen LogP contribution in [0.15, 0.2) is 29.7 Å². The van der Waals surface area contributed by atoms with Gasteiger partial charge in [0, 0.05) is 13.0 Å². The highest BCUT2D eigenvalue weighted by Gasteiger charge is 2.10. The zero-order valence-corrected chi connectivity index (χ0v) is 19.4. The van der Waals surface area contributed by atoms with Gasteiger partial charge in [0.1, 0.15) is 5.75 Å². The molecule has 31 heavy (non-hydrogen) atoms. The van der Waals surface area contributed by atoms with E-state index in [2.05, 4.69) is 5.32 Å². The Morgan fingerprint density at radius 2 is 1.68 bits per heavy atom. The lowest BCUT2D eigenvalue weighted by molar-refractivity contribution is -0.143. The van der Waals surface area contributed by atoms with Crippen LogP contribution in [0.3, 0.4) is 0 Å². The first-order valence-corrected chi connectivity index (χ1v) is 12.2. The summed E-state index contributed by atoms with van der Waals surface area (Å²) in [4.78, 5) is 23.0. The molecule has 174 valence electrons. The summed E-state index contributed by atoms with van der Waals surface area (Å²) in [6, 6.07) is 6.22. The van der Waals surface area contributed by atoms with Crippen LogP contribution in [0.2, 0.25) is 0 Å². The van der Waals surface area contributed by atoms with E-state index in [1.165, 1.54) is 6.08 Å². The standard InChI is InChI=1S/C22H34N2O6S/c1-4-29-21(25)10-8-6-5-7-9-16-23-22(26)24-31(27,28)17-15-19-11-13-20(14-12-19)30-18(2)3/h11-15,17-18H,4-10,16H2,1-3H3,(H2,23,24,26)/b17-15+. The summed E-state index contributed by atoms with van der Waals surface area (Å²) in [7, 11) is -3.89. The number of rotatable bonds is 14. The van der Waals surface area contributed by atoms with Gasteiger partial charge in [-0.1, -0.05) is 31.4 Å². The Kier molecular flexibility index (Phi) is 12.3. The predicted molar refractivity (Wildman–Crippen MR) is 121 cm³/mol. The molecule has 1 rings (SSSR count). The molecule has 0 aliphatic carbocycles. The largest absolute Gasteiger partial charge is 0.491 e. The molecule has 0 bridgehead atoms. The van der Waals surface area contributed by atoms with Crippen molar-refractivity contribution in [1.82, 2.24) is 10.0 Å². The lowest BCUT2D eigenvalue weighted by Crippen LogP contribution is -2.38. The number of ether oxygens (including phenoxy) is 2. The van der Waals surface area contributed by atoms with Crippen molar-refractivity contribution in [2.75, 3.05) is 13.2 Å². The van der Waals surface area contributed by atoms with E-state index in [-0.39, 0.29) is 12.1 Å². The normalized spacial score (nSPS) is 11.5. The average Bonchev–Trinajstić information content (AvgIpc) is 2.69. The Balaban J connectivity index is 2.24. The number of carbonyl (C=O) groups excluding carboxylic acids is 2. The second kappa shape index (κ2) is 14.5. The summed E-state index contributed by atoms with van der Waals surface area (Å²) >= 11 is 0. The Labute approximate surface area is 185 Å². The Morgan fingerprint density at radius 3 is 2.32 bits per heavy atom. The minimum atomic E-state index is -3.89. The van der Waals surface area contributed by atoms with E-state index in [0.29, 0.717) is 30.9 Å². The smallest absolute Gasteiger partial charge is 0.328 e. The van der Waals surface area contributed by atoms with Crippen LogP contribution >= 0.6 is 0 Å². The number of unbranched alkanes of at least 4 members (excludes halogenated alkanes) is 4. The van der Waals surface area contributed by atoms with Crippen molar-refractivity contribution >= 4 is 28.1 Å². The molecule has 0 aliphatic heterocycles. The molecule has 0 saturated carbocycles. The average molecular weight is 455 g/mol. The number of hydrogen-bond donors (Lipinski definition) is 2. The molecule has 0 spiro atoms. The molecule has 1 aromatic carbocycles. The van der Waals surface area contributed by atoms with Crippen molar-refractivity contribution in [2.24, 2.45) is 0 Å². The molecule has 0 radical (unpaired) electrons. The molecule has 0 aliphatic rings. The van der Waals surface area contributed by atoms with Gasteiger partial charge in [-0.2, -0.15) is 0 Å². The SMILES string of the molecule is CCOC(=O)CCCCCCCNC(=O)NS(=O)(=O)/C=C/c1ccc(OC(C)C)cc1. The first kappa shape index (κ1) is 26.5. The molecule has 0 unspecified atom stereocenters. The maximum Gasteiger partial charge on any atom is 0.328 e. The third kappa shape index (κ3) is 13.4. The highest BCUT2D eigenvalue weighted by molar-refractivity contribution is 7.93. The molecule has 9 heteroatoms. The summed E-state index contributed by atoms with van der Waals surface area (Å²) in [5.41, 5.74) is 0.671. The zero-order chi connectivity index (χ0) is 23.1. The molecule has 8 nitrogen and oxygen atoms in total. The predicted octanol–water partition coefficient (Wildman–Crippen LogP) is 3.98. The lowest BCUT2D eigenvalue weighted by atomic mass is 10.1. The number of carbonyl (C=O) groups is 2. The fourth-order valence-electron chi connectivity index (χ4n) is 2.66. The number of esters is 1. The molecule has 0 heterocycles. The van der Waals surface area contributed by atoms with Crippen LogP contribution in [0.5, 0.6) is 5.75 Å². The van der Waals surface area contributed by atoms with Crippen LogP contribution in [0, 0.1) is 0 Å². The molecule has 0 atom stereocenters. The molecular formula is C22H34N2O6S. The summed E-state index contributed by atoms with van der Waals surface area (Å²) in [6.45, 7) is 6.40. The second-order valence-corrected chi connectivity index (χ2v) is 8.83. The number of urea groups is 1. The minimum Gasteiger partial charge on any atom is -0.491 e. The van der Waals surface area contributed by atoms with Crippen molar-refractivity contribution in [3.8, 4) is 5.75 Å². The van der Waals surface area contributed by atoms with E-state index in [0.717, 1.165) is 37.5 Å². The summed E-state index contributed by atoms with van der Waals surface area (Å²) < 4.78 is 36.4. The third-order valence-electron chi connectivity index (χ3n) is 4.08. The molecule has 2 amide bonds. The Bertz CT molecular complexity index is 804. The molecule has 2 N–H and O–H groups in total. The molecular weight excluding hydrogens is 420 g/mol. The fraction of sp³-hybridized carbons (Fsp3) is 0.545. The Hall–Kier alpha value is -2.55. The monoisotopic (exact) mass is 454 g/mol. The van der Waals surface area contributed by atoms with Crippen molar-refractivity contribution in [3.63, 3.8) is 0 Å². The van der Waals surface area contributed by atoms with Gasteiger partial charge in [-0.3, -0.25) is 4.79 Å². The van der Waals surface area contributed by atoms with E-state index in [1.54, 1.807) is 31.2 Å². The van der Waals surface area contributed by atoms with E-state index < -0.39 is 16.1 Å². The summed E-state index contributed by atoms with van der Waals surface area (Å²) in [5, 5.41) is 3.49. The first-order valence-electron chi connectivity index (χ1n) is 10.6. The van der Waals surface area contributed by atoms with Crippen LogP contribution in [0.1, 0.15) is 64.9 Å². The van der Waals surface area contributed by atoms with Gasteiger partial charge in [0.05, 0.1) is 18.1 Å². The van der Waals surface area contributed by atoms with Gasteiger partial charge in [0.15, 0.2) is 0 Å². The molecule has 0 saturated heterocycles. The highest BCUT2D eigenvalue weighted by Crippen LogP contribution is 2.15. The van der Waals surface area contributed by atoms with E-state index >= 15 is 0 Å². The van der Waals surface area contributed by atoms with Gasteiger partial charge in [-0.05, 0) is 57.4 Å². The molecule has 0 fully saturated rings. The number of nitrogens with one attached hydrogen (secondary N) is 2. The fourth-order valence-corrected chi connectivity index (χ4v) is 3.39. The van der Waals surface area contributed by atoms with Gasteiger partial charge in [0.2, 0.25) is 0 Å². The summed E-state index contributed by atoms with van der Waals surface area (Å²) in [5.74, 6) is 0.528.